The Bertz CT molecular complexity index is 1000. The lowest BCUT2D eigenvalue weighted by Gasteiger charge is -2.34. The molecule has 178 valence electrons. The van der Waals surface area contributed by atoms with E-state index in [1.807, 2.05) is 49.9 Å². The lowest BCUT2D eigenvalue weighted by Crippen LogP contribution is -2.42. The van der Waals surface area contributed by atoms with Crippen LogP contribution in [0.4, 0.5) is 4.79 Å². The van der Waals surface area contributed by atoms with Crippen molar-refractivity contribution in [2.24, 2.45) is 0 Å². The SMILES string of the molecule is CC(C)(C)OC(=O)N1CCC(c2c(C(=O)N3CCOCC3)cnn2-c2ccccc2Cl)CC1. The number of hydrogen-bond acceptors (Lipinski definition) is 5. The zero-order chi connectivity index (χ0) is 23.6. The van der Waals surface area contributed by atoms with Gasteiger partial charge in [0.2, 0.25) is 0 Å². The van der Waals surface area contributed by atoms with Gasteiger partial charge in [0.1, 0.15) is 5.60 Å². The summed E-state index contributed by atoms with van der Waals surface area (Å²) >= 11 is 6.49. The van der Waals surface area contributed by atoms with Crippen LogP contribution < -0.4 is 0 Å². The zero-order valence-corrected chi connectivity index (χ0v) is 20.2. The van der Waals surface area contributed by atoms with Crippen molar-refractivity contribution >= 4 is 23.6 Å². The molecular formula is C24H31ClN4O4. The van der Waals surface area contributed by atoms with Crippen LogP contribution in [-0.2, 0) is 9.47 Å². The summed E-state index contributed by atoms with van der Waals surface area (Å²) in [5.41, 5.74) is 1.65. The predicted molar refractivity (Wildman–Crippen MR) is 125 cm³/mol. The van der Waals surface area contributed by atoms with E-state index in [-0.39, 0.29) is 17.9 Å². The quantitative estimate of drug-likeness (QED) is 0.669. The number of halogens is 1. The number of para-hydroxylation sites is 1. The summed E-state index contributed by atoms with van der Waals surface area (Å²) in [6, 6.07) is 7.49. The lowest BCUT2D eigenvalue weighted by molar-refractivity contribution is 0.0201. The van der Waals surface area contributed by atoms with E-state index in [1.165, 1.54) is 0 Å². The minimum absolute atomic E-state index is 0.0406. The van der Waals surface area contributed by atoms with Gasteiger partial charge in [0.05, 0.1) is 41.4 Å². The summed E-state index contributed by atoms with van der Waals surface area (Å²) in [5, 5.41) is 5.16. The molecule has 1 aromatic carbocycles. The van der Waals surface area contributed by atoms with Gasteiger partial charge in [-0.05, 0) is 45.7 Å². The molecule has 0 unspecified atom stereocenters. The molecule has 2 saturated heterocycles. The Morgan fingerprint density at radius 2 is 1.73 bits per heavy atom. The number of ether oxygens (including phenoxy) is 2. The van der Waals surface area contributed by atoms with Gasteiger partial charge in [0.15, 0.2) is 0 Å². The minimum atomic E-state index is -0.533. The van der Waals surface area contributed by atoms with Gasteiger partial charge in [-0.3, -0.25) is 4.79 Å². The first kappa shape index (κ1) is 23.6. The monoisotopic (exact) mass is 474 g/mol. The highest BCUT2D eigenvalue weighted by Crippen LogP contribution is 2.34. The van der Waals surface area contributed by atoms with Crippen molar-refractivity contribution < 1.29 is 19.1 Å². The Morgan fingerprint density at radius 1 is 1.06 bits per heavy atom. The summed E-state index contributed by atoms with van der Waals surface area (Å²) < 4.78 is 12.7. The molecule has 9 heteroatoms. The number of piperidine rings is 1. The predicted octanol–water partition coefficient (Wildman–Crippen LogP) is 4.11. The number of nitrogens with zero attached hydrogens (tertiary/aromatic N) is 4. The molecule has 0 atom stereocenters. The first-order valence-electron chi connectivity index (χ1n) is 11.4. The van der Waals surface area contributed by atoms with Crippen molar-refractivity contribution in [3.05, 3.63) is 46.7 Å². The molecule has 3 heterocycles. The molecule has 4 rings (SSSR count). The van der Waals surface area contributed by atoms with Gasteiger partial charge in [0.25, 0.3) is 5.91 Å². The van der Waals surface area contributed by atoms with Crippen molar-refractivity contribution in [2.75, 3.05) is 39.4 Å². The molecule has 2 aliphatic heterocycles. The third-order valence-electron chi connectivity index (χ3n) is 5.95. The number of carbonyl (C=O) groups excluding carboxylic acids is 2. The highest BCUT2D eigenvalue weighted by atomic mass is 35.5. The van der Waals surface area contributed by atoms with E-state index in [2.05, 4.69) is 5.10 Å². The molecule has 2 fully saturated rings. The van der Waals surface area contributed by atoms with Gasteiger partial charge < -0.3 is 19.3 Å². The molecule has 2 aromatic rings. The number of rotatable bonds is 3. The Labute approximate surface area is 199 Å². The number of morpholine rings is 1. The van der Waals surface area contributed by atoms with Crippen molar-refractivity contribution in [1.29, 1.82) is 0 Å². The van der Waals surface area contributed by atoms with Crippen molar-refractivity contribution in [2.45, 2.75) is 45.1 Å². The van der Waals surface area contributed by atoms with Crippen LogP contribution in [0, 0.1) is 0 Å². The second-order valence-corrected chi connectivity index (χ2v) is 9.86. The summed E-state index contributed by atoms with van der Waals surface area (Å²) in [4.78, 5) is 29.5. The van der Waals surface area contributed by atoms with Gasteiger partial charge in [-0.1, -0.05) is 23.7 Å². The summed E-state index contributed by atoms with van der Waals surface area (Å²) in [6.07, 6.45) is 2.76. The van der Waals surface area contributed by atoms with Gasteiger partial charge in [-0.15, -0.1) is 0 Å². The molecule has 1 aromatic heterocycles. The van der Waals surface area contributed by atoms with E-state index in [0.29, 0.717) is 62.8 Å². The van der Waals surface area contributed by atoms with Gasteiger partial charge in [-0.2, -0.15) is 5.10 Å². The molecule has 8 nitrogen and oxygen atoms in total. The largest absolute Gasteiger partial charge is 0.444 e. The summed E-state index contributed by atoms with van der Waals surface area (Å²) in [7, 11) is 0. The fraction of sp³-hybridized carbons (Fsp3) is 0.542. The van der Waals surface area contributed by atoms with Crippen LogP contribution in [0.15, 0.2) is 30.5 Å². The van der Waals surface area contributed by atoms with Crippen LogP contribution in [0.5, 0.6) is 0 Å². The van der Waals surface area contributed by atoms with Gasteiger partial charge in [0, 0.05) is 32.1 Å². The van der Waals surface area contributed by atoms with E-state index in [4.69, 9.17) is 21.1 Å². The lowest BCUT2D eigenvalue weighted by atomic mass is 9.90. The molecule has 2 aliphatic rings. The standard InChI is InChI=1S/C24H31ClN4O4/c1-24(2,3)33-23(31)28-10-8-17(9-11-28)21-18(22(30)27-12-14-32-15-13-27)16-26-29(21)20-7-5-4-6-19(20)25/h4-7,16-17H,8-15H2,1-3H3. The van der Waals surface area contributed by atoms with E-state index >= 15 is 0 Å². The van der Waals surface area contributed by atoms with E-state index in [9.17, 15) is 9.59 Å². The van der Waals surface area contributed by atoms with Crippen LogP contribution in [0.25, 0.3) is 5.69 Å². The third-order valence-corrected chi connectivity index (χ3v) is 6.27. The van der Waals surface area contributed by atoms with Gasteiger partial charge in [-0.25, -0.2) is 9.48 Å². The van der Waals surface area contributed by atoms with E-state index < -0.39 is 5.60 Å². The molecule has 0 spiro atoms. The Morgan fingerprint density at radius 3 is 2.36 bits per heavy atom. The first-order valence-corrected chi connectivity index (χ1v) is 11.8. The average Bonchev–Trinajstić information content (AvgIpc) is 3.23. The van der Waals surface area contributed by atoms with E-state index in [1.54, 1.807) is 15.8 Å². The molecule has 0 aliphatic carbocycles. The van der Waals surface area contributed by atoms with E-state index in [0.717, 1.165) is 11.4 Å². The third kappa shape index (κ3) is 5.33. The second kappa shape index (κ2) is 9.73. The maximum atomic E-state index is 13.4. The fourth-order valence-electron chi connectivity index (χ4n) is 4.33. The Hall–Kier alpha value is -2.58. The molecule has 0 bridgehead atoms. The molecule has 0 radical (unpaired) electrons. The van der Waals surface area contributed by atoms with Crippen molar-refractivity contribution in [1.82, 2.24) is 19.6 Å². The number of hydrogen-bond donors (Lipinski definition) is 0. The van der Waals surface area contributed by atoms with Crippen LogP contribution in [0.1, 0.15) is 55.6 Å². The smallest absolute Gasteiger partial charge is 0.410 e. The number of likely N-dealkylation sites (tertiary alicyclic amines) is 1. The number of benzene rings is 1. The second-order valence-electron chi connectivity index (χ2n) is 9.45. The Kier molecular flexibility index (Phi) is 6.95. The fourth-order valence-corrected chi connectivity index (χ4v) is 4.55. The minimum Gasteiger partial charge on any atom is -0.444 e. The topological polar surface area (TPSA) is 76.9 Å². The molecule has 0 N–H and O–H groups in total. The average molecular weight is 475 g/mol. The number of amides is 2. The maximum absolute atomic E-state index is 13.4. The molecule has 2 amide bonds. The van der Waals surface area contributed by atoms with Crippen LogP contribution in [0.2, 0.25) is 5.02 Å². The van der Waals surface area contributed by atoms with Crippen LogP contribution >= 0.6 is 11.6 Å². The molecular weight excluding hydrogens is 444 g/mol. The van der Waals surface area contributed by atoms with Crippen molar-refractivity contribution in [3.63, 3.8) is 0 Å². The van der Waals surface area contributed by atoms with Crippen LogP contribution in [-0.4, -0.2) is 76.6 Å². The first-order chi connectivity index (χ1) is 15.7. The summed E-state index contributed by atoms with van der Waals surface area (Å²) in [5.74, 6) is 0.0172. The molecule has 0 saturated carbocycles. The maximum Gasteiger partial charge on any atom is 0.410 e. The van der Waals surface area contributed by atoms with Gasteiger partial charge >= 0.3 is 6.09 Å². The van der Waals surface area contributed by atoms with Crippen molar-refractivity contribution in [3.8, 4) is 5.69 Å². The number of aromatic nitrogens is 2. The Balaban J connectivity index is 1.62. The van der Waals surface area contributed by atoms with Crippen LogP contribution in [0.3, 0.4) is 0 Å². The molecule has 33 heavy (non-hydrogen) atoms. The highest BCUT2D eigenvalue weighted by molar-refractivity contribution is 6.32. The zero-order valence-electron chi connectivity index (χ0n) is 19.4. The number of carbonyl (C=O) groups is 2. The normalized spacial score (nSPS) is 17.8. The summed E-state index contributed by atoms with van der Waals surface area (Å²) in [6.45, 7) is 8.90. The highest BCUT2D eigenvalue weighted by Gasteiger charge is 2.33.